The molecular formula is C12H13NO5S. The zero-order valence-electron chi connectivity index (χ0n) is 9.96. The molecule has 2 rings (SSSR count). The predicted octanol–water partition coefficient (Wildman–Crippen LogP) is 0.755. The van der Waals surface area contributed by atoms with Crippen molar-refractivity contribution < 1.29 is 23.5 Å². The topological polar surface area (TPSA) is 104 Å². The average Bonchev–Trinajstić information content (AvgIpc) is 3.17. The lowest BCUT2D eigenvalue weighted by molar-refractivity contribution is -0.121. The van der Waals surface area contributed by atoms with Gasteiger partial charge in [0.15, 0.2) is 11.1 Å². The van der Waals surface area contributed by atoms with Crippen molar-refractivity contribution in [2.24, 2.45) is 0 Å². The first-order valence-corrected chi connectivity index (χ1v) is 6.78. The number of nitrogens with one attached hydrogen (secondary N) is 1. The molecular weight excluding hydrogens is 270 g/mol. The summed E-state index contributed by atoms with van der Waals surface area (Å²) in [6.45, 7) is 0.138. The molecule has 1 aliphatic carbocycles. The molecule has 6 nitrogen and oxygen atoms in total. The van der Waals surface area contributed by atoms with E-state index in [4.69, 9.17) is 9.66 Å². The molecule has 1 fully saturated rings. The fraction of sp³-hybridized carbons (Fsp3) is 0.333. The lowest BCUT2D eigenvalue weighted by Gasteiger charge is -2.11. The molecule has 7 heteroatoms. The lowest BCUT2D eigenvalue weighted by atomic mass is 10.1. The fourth-order valence-corrected chi connectivity index (χ4v) is 2.43. The minimum Gasteiger partial charge on any atom is -0.478 e. The number of carboxylic acid groups (broad SMARTS) is 1. The summed E-state index contributed by atoms with van der Waals surface area (Å²) in [6.07, 6.45) is 0.800. The second kappa shape index (κ2) is 5.10. The van der Waals surface area contributed by atoms with Gasteiger partial charge in [-0.2, -0.15) is 0 Å². The van der Waals surface area contributed by atoms with Crippen molar-refractivity contribution in [1.29, 1.82) is 0 Å². The van der Waals surface area contributed by atoms with E-state index in [9.17, 15) is 13.8 Å². The first-order chi connectivity index (χ1) is 8.95. The standard InChI is InChI=1S/C12H13NO5S/c14-10(15)9-3-1-2-8(6-9)7-13-11(16)12(4-5-12)19(17)18/h1-3,6H,4-5,7H2,(H,13,16)(H,14,15)(H,17,18). The summed E-state index contributed by atoms with van der Waals surface area (Å²) in [5.74, 6) is -1.50. The van der Waals surface area contributed by atoms with Gasteiger partial charge >= 0.3 is 5.97 Å². The first kappa shape index (κ1) is 13.7. The van der Waals surface area contributed by atoms with Gasteiger partial charge in [-0.1, -0.05) is 12.1 Å². The highest BCUT2D eigenvalue weighted by atomic mass is 32.2. The summed E-state index contributed by atoms with van der Waals surface area (Å²) >= 11 is -2.17. The van der Waals surface area contributed by atoms with Crippen LogP contribution in [0.2, 0.25) is 0 Å². The number of hydrogen-bond donors (Lipinski definition) is 3. The number of hydrogen-bond acceptors (Lipinski definition) is 3. The highest BCUT2D eigenvalue weighted by Gasteiger charge is 2.55. The van der Waals surface area contributed by atoms with Gasteiger partial charge < -0.3 is 15.0 Å². The number of aromatic carboxylic acids is 1. The van der Waals surface area contributed by atoms with Crippen LogP contribution in [-0.2, 0) is 22.4 Å². The van der Waals surface area contributed by atoms with Crippen LogP contribution < -0.4 is 5.32 Å². The summed E-state index contributed by atoms with van der Waals surface area (Å²) in [5.41, 5.74) is 0.770. The Morgan fingerprint density at radius 1 is 1.37 bits per heavy atom. The van der Waals surface area contributed by atoms with Gasteiger partial charge in [0, 0.05) is 6.54 Å². The quantitative estimate of drug-likeness (QED) is 0.692. The van der Waals surface area contributed by atoms with Gasteiger partial charge in [-0.25, -0.2) is 9.00 Å². The average molecular weight is 283 g/mol. The van der Waals surface area contributed by atoms with E-state index in [-0.39, 0.29) is 12.1 Å². The maximum atomic E-state index is 11.8. The van der Waals surface area contributed by atoms with Crippen LogP contribution in [0.3, 0.4) is 0 Å². The van der Waals surface area contributed by atoms with Gasteiger partial charge in [-0.05, 0) is 30.5 Å². The Labute approximate surface area is 112 Å². The summed E-state index contributed by atoms with van der Waals surface area (Å²) in [5, 5.41) is 11.4. The zero-order chi connectivity index (χ0) is 14.0. The van der Waals surface area contributed by atoms with Crippen molar-refractivity contribution in [3.8, 4) is 0 Å². The smallest absolute Gasteiger partial charge is 0.335 e. The van der Waals surface area contributed by atoms with Crippen LogP contribution in [0.5, 0.6) is 0 Å². The van der Waals surface area contributed by atoms with Gasteiger partial charge in [0.1, 0.15) is 4.75 Å². The Bertz CT molecular complexity index is 553. The Balaban J connectivity index is 2.00. The molecule has 1 atom stereocenters. The third-order valence-corrected chi connectivity index (χ3v) is 4.34. The van der Waals surface area contributed by atoms with E-state index in [1.54, 1.807) is 12.1 Å². The Kier molecular flexibility index (Phi) is 3.68. The van der Waals surface area contributed by atoms with E-state index in [2.05, 4.69) is 5.32 Å². The third kappa shape index (κ3) is 2.82. The van der Waals surface area contributed by atoms with Crippen molar-refractivity contribution in [3.05, 3.63) is 35.4 Å². The minimum absolute atomic E-state index is 0.138. The van der Waals surface area contributed by atoms with Crippen LogP contribution in [0.4, 0.5) is 0 Å². The Hall–Kier alpha value is -1.73. The normalized spacial score (nSPS) is 17.5. The van der Waals surface area contributed by atoms with E-state index in [0.29, 0.717) is 18.4 Å². The van der Waals surface area contributed by atoms with Gasteiger partial charge in [-0.15, -0.1) is 0 Å². The van der Waals surface area contributed by atoms with Crippen molar-refractivity contribution in [3.63, 3.8) is 0 Å². The highest BCUT2D eigenvalue weighted by Crippen LogP contribution is 2.41. The van der Waals surface area contributed by atoms with E-state index in [1.807, 2.05) is 0 Å². The molecule has 0 saturated heterocycles. The zero-order valence-corrected chi connectivity index (χ0v) is 10.8. The second-order valence-electron chi connectivity index (χ2n) is 4.43. The molecule has 3 N–H and O–H groups in total. The molecule has 0 bridgehead atoms. The molecule has 0 spiro atoms. The summed E-state index contributed by atoms with van der Waals surface area (Å²) < 4.78 is 19.0. The largest absolute Gasteiger partial charge is 0.478 e. The number of carboxylic acids is 1. The SMILES string of the molecule is O=C(O)c1cccc(CNC(=O)C2(S(=O)O)CC2)c1. The molecule has 0 radical (unpaired) electrons. The van der Waals surface area contributed by atoms with Crippen LogP contribution >= 0.6 is 0 Å². The van der Waals surface area contributed by atoms with Crippen LogP contribution in [-0.4, -0.2) is 30.5 Å². The van der Waals surface area contributed by atoms with Gasteiger partial charge in [0.2, 0.25) is 5.91 Å². The third-order valence-electron chi connectivity index (χ3n) is 3.08. The van der Waals surface area contributed by atoms with Gasteiger partial charge in [0.25, 0.3) is 0 Å². The molecule has 0 aromatic heterocycles. The van der Waals surface area contributed by atoms with E-state index in [0.717, 1.165) is 0 Å². The molecule has 1 amide bonds. The van der Waals surface area contributed by atoms with Crippen LogP contribution in [0.15, 0.2) is 24.3 Å². The van der Waals surface area contributed by atoms with Crippen molar-refractivity contribution >= 4 is 23.0 Å². The molecule has 1 unspecified atom stereocenters. The van der Waals surface area contributed by atoms with Crippen molar-refractivity contribution in [1.82, 2.24) is 5.32 Å². The maximum Gasteiger partial charge on any atom is 0.335 e. The molecule has 1 aromatic carbocycles. The molecule has 0 aliphatic heterocycles. The molecule has 1 saturated carbocycles. The van der Waals surface area contributed by atoms with Crippen LogP contribution in [0.25, 0.3) is 0 Å². The lowest BCUT2D eigenvalue weighted by Crippen LogP contribution is -2.38. The minimum atomic E-state index is -2.17. The molecule has 1 aliphatic rings. The first-order valence-electron chi connectivity index (χ1n) is 5.67. The van der Waals surface area contributed by atoms with Gasteiger partial charge in [-0.3, -0.25) is 4.79 Å². The number of carbonyl (C=O) groups excluding carboxylic acids is 1. The number of rotatable bonds is 5. The van der Waals surface area contributed by atoms with Crippen molar-refractivity contribution in [2.45, 2.75) is 24.1 Å². The second-order valence-corrected chi connectivity index (χ2v) is 5.71. The molecule has 0 heterocycles. The van der Waals surface area contributed by atoms with Crippen LogP contribution in [0.1, 0.15) is 28.8 Å². The Morgan fingerprint density at radius 2 is 2.05 bits per heavy atom. The molecule has 102 valence electrons. The maximum absolute atomic E-state index is 11.8. The molecule has 19 heavy (non-hydrogen) atoms. The van der Waals surface area contributed by atoms with Crippen LogP contribution in [0, 0.1) is 0 Å². The summed E-state index contributed by atoms with van der Waals surface area (Å²) in [4.78, 5) is 22.6. The predicted molar refractivity (Wildman–Crippen MR) is 68.0 cm³/mol. The number of carbonyl (C=O) groups is 2. The van der Waals surface area contributed by atoms with Crippen molar-refractivity contribution in [2.75, 3.05) is 0 Å². The van der Waals surface area contributed by atoms with E-state index in [1.165, 1.54) is 12.1 Å². The van der Waals surface area contributed by atoms with Gasteiger partial charge in [0.05, 0.1) is 5.56 Å². The number of benzene rings is 1. The number of amides is 1. The van der Waals surface area contributed by atoms with E-state index >= 15 is 0 Å². The Morgan fingerprint density at radius 3 is 2.58 bits per heavy atom. The summed E-state index contributed by atoms with van der Waals surface area (Å²) in [6, 6.07) is 6.18. The monoisotopic (exact) mass is 283 g/mol. The summed E-state index contributed by atoms with van der Waals surface area (Å²) in [7, 11) is 0. The molecule has 1 aromatic rings. The highest BCUT2D eigenvalue weighted by molar-refractivity contribution is 7.82. The fourth-order valence-electron chi connectivity index (χ4n) is 1.75. The van der Waals surface area contributed by atoms with E-state index < -0.39 is 27.7 Å².